The van der Waals surface area contributed by atoms with E-state index < -0.39 is 0 Å². The number of amides is 1. The summed E-state index contributed by atoms with van der Waals surface area (Å²) >= 11 is 0. The molecule has 0 aromatic heterocycles. The number of hydrogen-bond donors (Lipinski definition) is 1. The van der Waals surface area contributed by atoms with Gasteiger partial charge in [-0.3, -0.25) is 4.79 Å². The largest absolute Gasteiger partial charge is 0.395 e. The van der Waals surface area contributed by atoms with Gasteiger partial charge in [-0.25, -0.2) is 0 Å². The van der Waals surface area contributed by atoms with Crippen LogP contribution in [0.4, 0.5) is 0 Å². The van der Waals surface area contributed by atoms with E-state index in [0.717, 1.165) is 25.7 Å². The molecule has 0 aromatic rings. The SMILES string of the molecule is CN(C(=O)C1(CO)CC1)C1CCCCC1. The van der Waals surface area contributed by atoms with Crippen molar-refractivity contribution in [2.75, 3.05) is 13.7 Å². The molecular weight excluding hydrogens is 190 g/mol. The summed E-state index contributed by atoms with van der Waals surface area (Å²) in [5, 5.41) is 9.23. The van der Waals surface area contributed by atoms with Crippen LogP contribution in [0.5, 0.6) is 0 Å². The standard InChI is InChI=1S/C12H21NO2/c1-13(10-5-3-2-4-6-10)11(15)12(9-14)7-8-12/h10,14H,2-9H2,1H3. The Bertz CT molecular complexity index is 242. The second kappa shape index (κ2) is 4.12. The molecule has 2 aliphatic rings. The van der Waals surface area contributed by atoms with E-state index in [0.29, 0.717) is 6.04 Å². The van der Waals surface area contributed by atoms with Crippen LogP contribution in [0.1, 0.15) is 44.9 Å². The zero-order valence-corrected chi connectivity index (χ0v) is 9.54. The van der Waals surface area contributed by atoms with Crippen molar-refractivity contribution in [3.63, 3.8) is 0 Å². The number of nitrogens with zero attached hydrogens (tertiary/aromatic N) is 1. The zero-order chi connectivity index (χ0) is 10.9. The summed E-state index contributed by atoms with van der Waals surface area (Å²) < 4.78 is 0. The Hall–Kier alpha value is -0.570. The van der Waals surface area contributed by atoms with Crippen molar-refractivity contribution in [2.24, 2.45) is 5.41 Å². The minimum Gasteiger partial charge on any atom is -0.395 e. The summed E-state index contributed by atoms with van der Waals surface area (Å²) in [4.78, 5) is 14.0. The predicted octanol–water partition coefficient (Wildman–Crippen LogP) is 1.55. The van der Waals surface area contributed by atoms with Crippen LogP contribution in [0.2, 0.25) is 0 Å². The molecule has 0 radical (unpaired) electrons. The van der Waals surface area contributed by atoms with Gasteiger partial charge in [-0.2, -0.15) is 0 Å². The maximum atomic E-state index is 12.1. The highest BCUT2D eigenvalue weighted by molar-refractivity contribution is 5.85. The number of carbonyl (C=O) groups excluding carboxylic acids is 1. The summed E-state index contributed by atoms with van der Waals surface area (Å²) in [6, 6.07) is 0.426. The average Bonchev–Trinajstić information content (AvgIpc) is 3.09. The summed E-state index contributed by atoms with van der Waals surface area (Å²) in [6.07, 6.45) is 7.83. The second-order valence-corrected chi connectivity index (χ2v) is 5.15. The van der Waals surface area contributed by atoms with Gasteiger partial charge < -0.3 is 10.0 Å². The quantitative estimate of drug-likeness (QED) is 0.769. The molecule has 3 nitrogen and oxygen atoms in total. The average molecular weight is 211 g/mol. The van der Waals surface area contributed by atoms with E-state index in [-0.39, 0.29) is 17.9 Å². The third-order valence-electron chi connectivity index (χ3n) is 4.05. The number of hydrogen-bond acceptors (Lipinski definition) is 2. The van der Waals surface area contributed by atoms with E-state index in [4.69, 9.17) is 0 Å². The number of aliphatic hydroxyl groups excluding tert-OH is 1. The van der Waals surface area contributed by atoms with Crippen LogP contribution in [-0.2, 0) is 4.79 Å². The smallest absolute Gasteiger partial charge is 0.231 e. The highest BCUT2D eigenvalue weighted by Crippen LogP contribution is 2.47. The topological polar surface area (TPSA) is 40.5 Å². The highest BCUT2D eigenvalue weighted by atomic mass is 16.3. The van der Waals surface area contributed by atoms with Crippen LogP contribution >= 0.6 is 0 Å². The lowest BCUT2D eigenvalue weighted by molar-refractivity contribution is -0.139. The first kappa shape index (κ1) is 10.9. The number of carbonyl (C=O) groups is 1. The van der Waals surface area contributed by atoms with Crippen molar-refractivity contribution in [3.05, 3.63) is 0 Å². The summed E-state index contributed by atoms with van der Waals surface area (Å²) in [6.45, 7) is 0.0306. The van der Waals surface area contributed by atoms with Crippen LogP contribution in [0.3, 0.4) is 0 Å². The van der Waals surface area contributed by atoms with Gasteiger partial charge in [0.1, 0.15) is 0 Å². The summed E-state index contributed by atoms with van der Waals surface area (Å²) in [5.41, 5.74) is -0.383. The first-order chi connectivity index (χ1) is 7.19. The minimum atomic E-state index is -0.383. The van der Waals surface area contributed by atoms with Gasteiger partial charge in [0.15, 0.2) is 0 Å². The fraction of sp³-hybridized carbons (Fsp3) is 0.917. The van der Waals surface area contributed by atoms with E-state index in [1.54, 1.807) is 0 Å². The highest BCUT2D eigenvalue weighted by Gasteiger charge is 2.51. The van der Waals surface area contributed by atoms with E-state index in [1.165, 1.54) is 19.3 Å². The van der Waals surface area contributed by atoms with Gasteiger partial charge in [0, 0.05) is 13.1 Å². The molecule has 1 N–H and O–H groups in total. The maximum Gasteiger partial charge on any atom is 0.231 e. The third-order valence-corrected chi connectivity index (χ3v) is 4.05. The van der Waals surface area contributed by atoms with Gasteiger partial charge in [0.25, 0.3) is 0 Å². The molecule has 0 atom stereocenters. The summed E-state index contributed by atoms with van der Waals surface area (Å²) in [7, 11) is 1.91. The molecule has 0 unspecified atom stereocenters. The molecule has 2 aliphatic carbocycles. The van der Waals surface area contributed by atoms with E-state index in [9.17, 15) is 9.90 Å². The predicted molar refractivity (Wildman–Crippen MR) is 58.4 cm³/mol. The van der Waals surface area contributed by atoms with Gasteiger partial charge in [0.05, 0.1) is 12.0 Å². The Balaban J connectivity index is 1.94. The molecule has 0 bridgehead atoms. The van der Waals surface area contributed by atoms with Crippen molar-refractivity contribution in [3.8, 4) is 0 Å². The molecule has 0 aromatic carbocycles. The van der Waals surface area contributed by atoms with E-state index in [2.05, 4.69) is 0 Å². The molecule has 86 valence electrons. The molecule has 0 aliphatic heterocycles. The fourth-order valence-corrected chi connectivity index (χ4v) is 2.60. The number of aliphatic hydroxyl groups is 1. The molecule has 1 amide bonds. The Morgan fingerprint density at radius 1 is 1.33 bits per heavy atom. The van der Waals surface area contributed by atoms with Crippen LogP contribution in [0.15, 0.2) is 0 Å². The Labute approximate surface area is 91.5 Å². The Kier molecular flexibility index (Phi) is 3.01. The lowest BCUT2D eigenvalue weighted by atomic mass is 9.93. The molecule has 3 heteroatoms. The third kappa shape index (κ3) is 2.03. The van der Waals surface area contributed by atoms with Crippen LogP contribution in [-0.4, -0.2) is 35.6 Å². The van der Waals surface area contributed by atoms with Crippen LogP contribution in [0, 0.1) is 5.41 Å². The molecule has 0 heterocycles. The fourth-order valence-electron chi connectivity index (χ4n) is 2.60. The lowest BCUT2D eigenvalue weighted by Gasteiger charge is -2.33. The second-order valence-electron chi connectivity index (χ2n) is 5.15. The first-order valence-corrected chi connectivity index (χ1v) is 6.08. The van der Waals surface area contributed by atoms with Crippen molar-refractivity contribution >= 4 is 5.91 Å². The molecule has 0 saturated heterocycles. The van der Waals surface area contributed by atoms with Crippen LogP contribution < -0.4 is 0 Å². The van der Waals surface area contributed by atoms with Crippen molar-refractivity contribution < 1.29 is 9.90 Å². The number of rotatable bonds is 3. The molecule has 2 saturated carbocycles. The first-order valence-electron chi connectivity index (χ1n) is 6.08. The Morgan fingerprint density at radius 2 is 1.93 bits per heavy atom. The molecule has 2 rings (SSSR count). The van der Waals surface area contributed by atoms with Gasteiger partial charge in [-0.15, -0.1) is 0 Å². The van der Waals surface area contributed by atoms with Crippen molar-refractivity contribution in [1.82, 2.24) is 4.90 Å². The Morgan fingerprint density at radius 3 is 2.40 bits per heavy atom. The molecule has 15 heavy (non-hydrogen) atoms. The van der Waals surface area contributed by atoms with Gasteiger partial charge in [0.2, 0.25) is 5.91 Å². The molecule has 0 spiro atoms. The van der Waals surface area contributed by atoms with Gasteiger partial charge >= 0.3 is 0 Å². The van der Waals surface area contributed by atoms with Crippen LogP contribution in [0.25, 0.3) is 0 Å². The van der Waals surface area contributed by atoms with Gasteiger partial charge in [-0.1, -0.05) is 19.3 Å². The van der Waals surface area contributed by atoms with E-state index in [1.807, 2.05) is 11.9 Å². The summed E-state index contributed by atoms with van der Waals surface area (Å²) in [5.74, 6) is 0.178. The zero-order valence-electron chi connectivity index (χ0n) is 9.54. The van der Waals surface area contributed by atoms with Gasteiger partial charge in [-0.05, 0) is 25.7 Å². The van der Waals surface area contributed by atoms with Crippen molar-refractivity contribution in [1.29, 1.82) is 0 Å². The lowest BCUT2D eigenvalue weighted by Crippen LogP contribution is -2.43. The van der Waals surface area contributed by atoms with Crippen molar-refractivity contribution in [2.45, 2.75) is 51.0 Å². The minimum absolute atomic E-state index is 0.0306. The monoisotopic (exact) mass is 211 g/mol. The normalized spacial score (nSPS) is 24.9. The molecule has 2 fully saturated rings. The molecular formula is C12H21NO2. The van der Waals surface area contributed by atoms with E-state index >= 15 is 0 Å². The maximum absolute atomic E-state index is 12.1.